The molecule has 0 aliphatic heterocycles. The zero-order chi connectivity index (χ0) is 18.8. The van der Waals surface area contributed by atoms with Crippen molar-refractivity contribution < 1.29 is 25.2 Å². The van der Waals surface area contributed by atoms with E-state index in [0.29, 0.717) is 13.1 Å². The van der Waals surface area contributed by atoms with E-state index >= 15 is 0 Å². The van der Waals surface area contributed by atoms with Gasteiger partial charge < -0.3 is 25.7 Å². The van der Waals surface area contributed by atoms with Gasteiger partial charge in [-0.25, -0.2) is 14.8 Å². The van der Waals surface area contributed by atoms with Crippen LogP contribution >= 0.6 is 0 Å². The van der Waals surface area contributed by atoms with E-state index in [-0.39, 0.29) is 50.4 Å². The number of fused-ring (bicyclic) bond motifs is 2. The molecule has 0 spiro atoms. The lowest BCUT2D eigenvalue weighted by atomic mass is 10.1. The summed E-state index contributed by atoms with van der Waals surface area (Å²) in [6.07, 6.45) is 1.40. The highest BCUT2D eigenvalue weighted by atomic mass is 16.4. The predicted octanol–water partition coefficient (Wildman–Crippen LogP) is 1.24. The lowest BCUT2D eigenvalue weighted by Crippen LogP contribution is -2.10. The first-order valence-electron chi connectivity index (χ1n) is 7.70. The van der Waals surface area contributed by atoms with E-state index in [2.05, 4.69) is 20.3 Å². The molecule has 3 rings (SSSR count). The molecule has 0 bridgehead atoms. The van der Waals surface area contributed by atoms with Crippen molar-refractivity contribution in [2.75, 3.05) is 20.1 Å². The van der Waals surface area contributed by atoms with Crippen LogP contribution in [-0.2, 0) is 0 Å². The van der Waals surface area contributed by atoms with Crippen LogP contribution in [0, 0.1) is 0 Å². The Morgan fingerprint density at radius 3 is 2.46 bits per heavy atom. The number of carbonyl (C=O) groups is 1. The Labute approximate surface area is 147 Å². The van der Waals surface area contributed by atoms with Gasteiger partial charge in [-0.15, -0.1) is 0 Å². The highest BCUT2D eigenvalue weighted by Gasteiger charge is 2.19. The van der Waals surface area contributed by atoms with Crippen LogP contribution in [-0.4, -0.2) is 62.7 Å². The van der Waals surface area contributed by atoms with Gasteiger partial charge >= 0.3 is 5.97 Å². The molecule has 3 aromatic rings. The second kappa shape index (κ2) is 6.81. The molecule has 0 saturated heterocycles. The molecule has 0 amide bonds. The second-order valence-electron chi connectivity index (χ2n) is 5.52. The minimum Gasteiger partial charge on any atom is -0.507 e. The Balaban J connectivity index is 2.33. The number of nitrogens with zero attached hydrogens (tertiary/aromatic N) is 3. The summed E-state index contributed by atoms with van der Waals surface area (Å²) < 4.78 is 0. The highest BCUT2D eigenvalue weighted by molar-refractivity contribution is 6.08. The molecule has 134 valence electrons. The van der Waals surface area contributed by atoms with Crippen molar-refractivity contribution in [1.29, 1.82) is 0 Å². The Morgan fingerprint density at radius 2 is 1.77 bits per heavy atom. The zero-order valence-electron chi connectivity index (χ0n) is 13.8. The summed E-state index contributed by atoms with van der Waals surface area (Å²) >= 11 is 0. The third-order valence-corrected chi connectivity index (χ3v) is 3.79. The first-order valence-corrected chi connectivity index (χ1v) is 7.70. The van der Waals surface area contributed by atoms with E-state index in [1.54, 1.807) is 7.05 Å². The van der Waals surface area contributed by atoms with Gasteiger partial charge in [-0.3, -0.25) is 4.99 Å². The molecule has 0 atom stereocenters. The Morgan fingerprint density at radius 1 is 1.08 bits per heavy atom. The predicted molar refractivity (Wildman–Crippen MR) is 95.4 cm³/mol. The fourth-order valence-corrected chi connectivity index (χ4v) is 2.52. The van der Waals surface area contributed by atoms with Crippen LogP contribution in [0.3, 0.4) is 0 Å². The number of carboxylic acid groups (broad SMARTS) is 1. The summed E-state index contributed by atoms with van der Waals surface area (Å²) in [5.74, 6) is -2.12. The number of aliphatic imine (C=N–C) groups is 1. The van der Waals surface area contributed by atoms with Crippen molar-refractivity contribution >= 4 is 34.3 Å². The van der Waals surface area contributed by atoms with Gasteiger partial charge in [0.05, 0.1) is 17.7 Å². The number of carboxylic acids is 1. The second-order valence-corrected chi connectivity index (χ2v) is 5.52. The van der Waals surface area contributed by atoms with E-state index < -0.39 is 5.97 Å². The van der Waals surface area contributed by atoms with Crippen LogP contribution in [0.2, 0.25) is 0 Å². The lowest BCUT2D eigenvalue weighted by Gasteiger charge is -2.10. The molecule has 9 nitrogen and oxygen atoms in total. The van der Waals surface area contributed by atoms with E-state index in [1.165, 1.54) is 18.3 Å². The third kappa shape index (κ3) is 2.95. The van der Waals surface area contributed by atoms with E-state index in [1.807, 2.05) is 0 Å². The van der Waals surface area contributed by atoms with Crippen molar-refractivity contribution in [3.8, 4) is 17.2 Å². The van der Waals surface area contributed by atoms with Crippen LogP contribution in [0.25, 0.3) is 22.1 Å². The molecule has 0 unspecified atom stereocenters. The summed E-state index contributed by atoms with van der Waals surface area (Å²) in [4.78, 5) is 24.0. The number of aromatic hydroxyl groups is 3. The number of rotatable bonds is 5. The quantitative estimate of drug-likeness (QED) is 0.260. The van der Waals surface area contributed by atoms with E-state index in [9.17, 15) is 25.2 Å². The first kappa shape index (κ1) is 17.4. The monoisotopic (exact) mass is 356 g/mol. The summed E-state index contributed by atoms with van der Waals surface area (Å²) in [5.41, 5.74) is 0.0307. The number of aromatic nitrogens is 2. The average Bonchev–Trinajstić information content (AvgIpc) is 2.60. The van der Waals surface area contributed by atoms with Gasteiger partial charge in [-0.2, -0.15) is 0 Å². The number of phenols is 3. The van der Waals surface area contributed by atoms with Gasteiger partial charge in [0.15, 0.2) is 0 Å². The molecule has 9 heteroatoms. The summed E-state index contributed by atoms with van der Waals surface area (Å²) in [6, 6.07) is 3.50. The molecule has 2 aromatic carbocycles. The van der Waals surface area contributed by atoms with Gasteiger partial charge in [0.2, 0.25) is 0 Å². The fourth-order valence-electron chi connectivity index (χ4n) is 2.52. The number of hydrogen-bond acceptors (Lipinski definition) is 8. The van der Waals surface area contributed by atoms with Gasteiger partial charge in [0.25, 0.3) is 0 Å². The Kier molecular flexibility index (Phi) is 4.55. The van der Waals surface area contributed by atoms with Crippen molar-refractivity contribution in [3.05, 3.63) is 29.3 Å². The number of phenolic OH excluding ortho intramolecular Hbond substituents is 3. The summed E-state index contributed by atoms with van der Waals surface area (Å²) in [5, 5.41) is 42.5. The maximum absolute atomic E-state index is 11.4. The summed E-state index contributed by atoms with van der Waals surface area (Å²) in [6.45, 7) is 1.08. The molecule has 0 saturated carbocycles. The average molecular weight is 356 g/mol. The molecule has 0 aliphatic carbocycles. The van der Waals surface area contributed by atoms with Gasteiger partial charge in [-0.05, 0) is 19.2 Å². The number of likely N-dealkylation sites (N-methyl/N-ethyl adjacent to an activating group) is 1. The molecule has 1 heterocycles. The van der Waals surface area contributed by atoms with Gasteiger partial charge in [0, 0.05) is 18.8 Å². The largest absolute Gasteiger partial charge is 0.507 e. The van der Waals surface area contributed by atoms with Crippen molar-refractivity contribution in [2.45, 2.75) is 0 Å². The molecule has 0 fully saturated rings. The zero-order valence-corrected chi connectivity index (χ0v) is 13.8. The molecule has 0 aliphatic rings. The normalized spacial score (nSPS) is 11.6. The van der Waals surface area contributed by atoms with Crippen LogP contribution in [0.4, 0.5) is 0 Å². The van der Waals surface area contributed by atoms with Crippen molar-refractivity contribution in [3.63, 3.8) is 0 Å². The number of benzene rings is 2. The van der Waals surface area contributed by atoms with E-state index in [4.69, 9.17) is 0 Å². The van der Waals surface area contributed by atoms with Crippen LogP contribution in [0.1, 0.15) is 15.9 Å². The molecule has 0 radical (unpaired) electrons. The van der Waals surface area contributed by atoms with Crippen molar-refractivity contribution in [1.82, 2.24) is 15.3 Å². The topological polar surface area (TPSA) is 148 Å². The lowest BCUT2D eigenvalue weighted by molar-refractivity contribution is 0.0699. The first-order chi connectivity index (χ1) is 12.4. The SMILES string of the molecule is CNCCN=Cc1c(O)cc(O)c2nc3c(C(=O)O)ccc(O)c3nc12. The maximum Gasteiger partial charge on any atom is 0.337 e. The van der Waals surface area contributed by atoms with Gasteiger partial charge in [-0.1, -0.05) is 0 Å². The minimum atomic E-state index is -1.24. The Bertz CT molecular complexity index is 1050. The van der Waals surface area contributed by atoms with Gasteiger partial charge in [0.1, 0.15) is 39.3 Å². The van der Waals surface area contributed by atoms with Crippen LogP contribution in [0.15, 0.2) is 23.2 Å². The molecular formula is C17H16N4O5. The third-order valence-electron chi connectivity index (χ3n) is 3.79. The number of aromatic carboxylic acids is 1. The molecular weight excluding hydrogens is 340 g/mol. The number of nitrogens with one attached hydrogen (secondary N) is 1. The fraction of sp³-hybridized carbons (Fsp3) is 0.176. The standard InChI is InChI=1S/C17H16N4O5/c1-18-4-5-19-7-9-11(23)6-12(24)16-14(9)21-15-10(22)3-2-8(17(25)26)13(15)20-16/h2-3,6-7,18,22-24H,4-5H2,1H3,(H,25,26). The molecule has 5 N–H and O–H groups in total. The highest BCUT2D eigenvalue weighted by Crippen LogP contribution is 2.35. The number of hydrogen-bond donors (Lipinski definition) is 5. The smallest absolute Gasteiger partial charge is 0.337 e. The van der Waals surface area contributed by atoms with Crippen LogP contribution in [0.5, 0.6) is 17.2 Å². The van der Waals surface area contributed by atoms with Crippen LogP contribution < -0.4 is 5.32 Å². The summed E-state index contributed by atoms with van der Waals surface area (Å²) in [7, 11) is 1.78. The molecule has 26 heavy (non-hydrogen) atoms. The maximum atomic E-state index is 11.4. The van der Waals surface area contributed by atoms with E-state index in [0.717, 1.165) is 6.07 Å². The van der Waals surface area contributed by atoms with Crippen molar-refractivity contribution in [2.24, 2.45) is 4.99 Å². The minimum absolute atomic E-state index is 0.00142. The Hall–Kier alpha value is -3.46. The molecule has 1 aromatic heterocycles.